The van der Waals surface area contributed by atoms with Gasteiger partial charge in [-0.25, -0.2) is 9.97 Å². The number of unbranched alkanes of at least 4 members (excludes halogenated alkanes) is 1. The van der Waals surface area contributed by atoms with Crippen LogP contribution in [0.25, 0.3) is 11.0 Å². The van der Waals surface area contributed by atoms with Crippen molar-refractivity contribution < 1.29 is 0 Å². The van der Waals surface area contributed by atoms with Crippen molar-refractivity contribution in [3.05, 3.63) is 11.5 Å². The van der Waals surface area contributed by atoms with Crippen molar-refractivity contribution in [2.24, 2.45) is 5.92 Å². The number of aromatic nitrogens is 3. The van der Waals surface area contributed by atoms with Crippen molar-refractivity contribution in [3.63, 3.8) is 0 Å². The molecule has 22 heavy (non-hydrogen) atoms. The Hall–Kier alpha value is -1.78. The van der Waals surface area contributed by atoms with E-state index in [4.69, 9.17) is 10.7 Å². The van der Waals surface area contributed by atoms with Crippen LogP contribution in [-0.2, 0) is 19.4 Å². The number of nitrogen functional groups attached to an aromatic ring is 1. The largest absolute Gasteiger partial charge is 0.382 e. The van der Waals surface area contributed by atoms with Gasteiger partial charge in [-0.05, 0) is 25.2 Å². The van der Waals surface area contributed by atoms with Crippen LogP contribution in [0.4, 0.5) is 11.5 Å². The van der Waals surface area contributed by atoms with Crippen molar-refractivity contribution in [1.82, 2.24) is 14.5 Å². The Labute approximate surface area is 132 Å². The van der Waals surface area contributed by atoms with Crippen LogP contribution in [0.5, 0.6) is 0 Å². The van der Waals surface area contributed by atoms with Gasteiger partial charge in [0.15, 0.2) is 5.82 Å². The summed E-state index contributed by atoms with van der Waals surface area (Å²) in [5.41, 5.74) is 10.5. The van der Waals surface area contributed by atoms with Gasteiger partial charge in [0, 0.05) is 19.5 Å². The average molecular weight is 301 g/mol. The molecule has 3 heterocycles. The highest BCUT2D eigenvalue weighted by atomic mass is 15.1. The summed E-state index contributed by atoms with van der Waals surface area (Å²) in [5, 5.41) is 3.54. The molecule has 2 aromatic heterocycles. The standard InChI is InChI=1S/C17H27N5/c1-4-5-8-13-21-15-16(22(13)10-11(2)3)14-12(20-17(15)18)7-6-9-19-14/h11,19H,4-10H2,1-3H3,(H2,18,20). The van der Waals surface area contributed by atoms with Gasteiger partial charge in [0.2, 0.25) is 0 Å². The van der Waals surface area contributed by atoms with Crippen LogP contribution < -0.4 is 11.1 Å². The summed E-state index contributed by atoms with van der Waals surface area (Å²) in [7, 11) is 0. The number of imidazole rings is 1. The topological polar surface area (TPSA) is 68.8 Å². The molecule has 0 saturated carbocycles. The monoisotopic (exact) mass is 301 g/mol. The van der Waals surface area contributed by atoms with Crippen LogP contribution in [0, 0.1) is 5.92 Å². The molecular weight excluding hydrogens is 274 g/mol. The summed E-state index contributed by atoms with van der Waals surface area (Å²) in [4.78, 5) is 9.44. The molecular formula is C17H27N5. The van der Waals surface area contributed by atoms with Crippen LogP contribution in [0.2, 0.25) is 0 Å². The van der Waals surface area contributed by atoms with Crippen molar-refractivity contribution in [2.45, 2.75) is 59.4 Å². The van der Waals surface area contributed by atoms with E-state index >= 15 is 0 Å². The maximum absolute atomic E-state index is 6.21. The molecule has 3 N–H and O–H groups in total. The average Bonchev–Trinajstić information content (AvgIpc) is 2.84. The van der Waals surface area contributed by atoms with Crippen molar-refractivity contribution in [3.8, 4) is 0 Å². The minimum atomic E-state index is 0.575. The van der Waals surface area contributed by atoms with Crippen LogP contribution in [-0.4, -0.2) is 21.1 Å². The molecule has 2 aromatic rings. The third kappa shape index (κ3) is 2.64. The zero-order valence-corrected chi connectivity index (χ0v) is 13.9. The first-order valence-corrected chi connectivity index (χ1v) is 8.53. The lowest BCUT2D eigenvalue weighted by molar-refractivity contribution is 0.513. The Morgan fingerprint density at radius 2 is 2.14 bits per heavy atom. The molecule has 0 saturated heterocycles. The van der Waals surface area contributed by atoms with Crippen LogP contribution in [0.3, 0.4) is 0 Å². The number of hydrogen-bond acceptors (Lipinski definition) is 4. The first-order chi connectivity index (χ1) is 10.6. The van der Waals surface area contributed by atoms with E-state index in [1.807, 2.05) is 0 Å². The fourth-order valence-electron chi connectivity index (χ4n) is 3.25. The Morgan fingerprint density at radius 3 is 2.86 bits per heavy atom. The third-order valence-corrected chi connectivity index (χ3v) is 4.26. The molecule has 5 nitrogen and oxygen atoms in total. The summed E-state index contributed by atoms with van der Waals surface area (Å²) in [5.74, 6) is 2.31. The maximum Gasteiger partial charge on any atom is 0.152 e. The predicted molar refractivity (Wildman–Crippen MR) is 92.2 cm³/mol. The molecule has 3 rings (SSSR count). The lowest BCUT2D eigenvalue weighted by atomic mass is 10.1. The molecule has 0 atom stereocenters. The SMILES string of the molecule is CCCCc1nc2c(N)nc3c(c2n1CC(C)C)NCCC3. The number of pyridine rings is 1. The third-order valence-electron chi connectivity index (χ3n) is 4.26. The number of nitrogens with two attached hydrogens (primary N) is 1. The number of fused-ring (bicyclic) bond motifs is 3. The van der Waals surface area contributed by atoms with E-state index in [0.717, 1.165) is 61.5 Å². The number of rotatable bonds is 5. The summed E-state index contributed by atoms with van der Waals surface area (Å²) in [6.45, 7) is 8.70. The first-order valence-electron chi connectivity index (χ1n) is 8.53. The second-order valence-corrected chi connectivity index (χ2v) is 6.68. The van der Waals surface area contributed by atoms with Gasteiger partial charge in [-0.2, -0.15) is 0 Å². The number of aryl methyl sites for hydroxylation is 2. The fraction of sp³-hybridized carbons (Fsp3) is 0.647. The molecule has 0 bridgehead atoms. The zero-order valence-electron chi connectivity index (χ0n) is 13.9. The van der Waals surface area contributed by atoms with Gasteiger partial charge >= 0.3 is 0 Å². The highest BCUT2D eigenvalue weighted by Crippen LogP contribution is 2.34. The van der Waals surface area contributed by atoms with E-state index in [2.05, 4.69) is 35.6 Å². The minimum Gasteiger partial charge on any atom is -0.382 e. The summed E-state index contributed by atoms with van der Waals surface area (Å²) in [6.07, 6.45) is 5.46. The smallest absolute Gasteiger partial charge is 0.152 e. The fourth-order valence-corrected chi connectivity index (χ4v) is 3.25. The molecule has 0 aliphatic carbocycles. The van der Waals surface area contributed by atoms with Gasteiger partial charge in [0.05, 0.1) is 16.9 Å². The van der Waals surface area contributed by atoms with E-state index in [-0.39, 0.29) is 0 Å². The van der Waals surface area contributed by atoms with Gasteiger partial charge in [-0.15, -0.1) is 0 Å². The normalized spacial score (nSPS) is 14.4. The van der Waals surface area contributed by atoms with Gasteiger partial charge in [-0.3, -0.25) is 0 Å². The lowest BCUT2D eigenvalue weighted by Gasteiger charge is -2.20. The predicted octanol–water partition coefficient (Wildman–Crippen LogP) is 3.37. The zero-order chi connectivity index (χ0) is 15.7. The Morgan fingerprint density at radius 1 is 1.32 bits per heavy atom. The number of hydrogen-bond donors (Lipinski definition) is 2. The molecule has 1 aliphatic heterocycles. The number of nitrogens with one attached hydrogen (secondary N) is 1. The second kappa shape index (κ2) is 6.15. The molecule has 0 amide bonds. The van der Waals surface area contributed by atoms with Crippen LogP contribution >= 0.6 is 0 Å². The van der Waals surface area contributed by atoms with Crippen LogP contribution in [0.15, 0.2) is 0 Å². The molecule has 0 radical (unpaired) electrons. The lowest BCUT2D eigenvalue weighted by Crippen LogP contribution is -2.17. The highest BCUT2D eigenvalue weighted by molar-refractivity contribution is 5.96. The maximum atomic E-state index is 6.21. The van der Waals surface area contributed by atoms with E-state index < -0.39 is 0 Å². The van der Waals surface area contributed by atoms with Gasteiger partial charge in [-0.1, -0.05) is 27.2 Å². The highest BCUT2D eigenvalue weighted by Gasteiger charge is 2.22. The summed E-state index contributed by atoms with van der Waals surface area (Å²) in [6, 6.07) is 0. The van der Waals surface area contributed by atoms with E-state index in [1.54, 1.807) is 0 Å². The number of nitrogens with zero attached hydrogens (tertiary/aromatic N) is 3. The molecule has 1 aliphatic rings. The van der Waals surface area contributed by atoms with E-state index in [1.165, 1.54) is 11.9 Å². The first kappa shape index (κ1) is 15.1. The molecule has 0 fully saturated rings. The number of anilines is 2. The second-order valence-electron chi connectivity index (χ2n) is 6.68. The van der Waals surface area contributed by atoms with Gasteiger partial charge < -0.3 is 15.6 Å². The molecule has 0 unspecified atom stereocenters. The summed E-state index contributed by atoms with van der Waals surface area (Å²) < 4.78 is 2.38. The molecule has 0 spiro atoms. The van der Waals surface area contributed by atoms with Crippen LogP contribution in [0.1, 0.15) is 51.6 Å². The van der Waals surface area contributed by atoms with Crippen molar-refractivity contribution in [2.75, 3.05) is 17.6 Å². The van der Waals surface area contributed by atoms with Crippen molar-refractivity contribution >= 4 is 22.5 Å². The molecule has 5 heteroatoms. The van der Waals surface area contributed by atoms with Crippen molar-refractivity contribution in [1.29, 1.82) is 0 Å². The minimum absolute atomic E-state index is 0.575. The Balaban J connectivity index is 2.21. The van der Waals surface area contributed by atoms with E-state index in [9.17, 15) is 0 Å². The Kier molecular flexibility index (Phi) is 4.23. The Bertz CT molecular complexity index is 671. The van der Waals surface area contributed by atoms with Gasteiger partial charge in [0.25, 0.3) is 0 Å². The van der Waals surface area contributed by atoms with Gasteiger partial charge in [0.1, 0.15) is 11.3 Å². The molecule has 120 valence electrons. The van der Waals surface area contributed by atoms with E-state index in [0.29, 0.717) is 11.7 Å². The quantitative estimate of drug-likeness (QED) is 0.888. The summed E-state index contributed by atoms with van der Waals surface area (Å²) >= 11 is 0. The molecule has 0 aromatic carbocycles.